The molecule has 1 amide bonds. The summed E-state index contributed by atoms with van der Waals surface area (Å²) in [5.74, 6) is -3.53. The average molecular weight is 592 g/mol. The first kappa shape index (κ1) is 29.2. The first-order valence-corrected chi connectivity index (χ1v) is 15.5. The van der Waals surface area contributed by atoms with Crippen LogP contribution < -0.4 is 19.8 Å². The van der Waals surface area contributed by atoms with E-state index in [0.717, 1.165) is 25.9 Å². The van der Waals surface area contributed by atoms with Crippen LogP contribution in [0.3, 0.4) is 0 Å². The van der Waals surface area contributed by atoms with Crippen molar-refractivity contribution in [1.29, 1.82) is 0 Å². The number of halogens is 2. The topological polar surface area (TPSA) is 132 Å². The minimum Gasteiger partial charge on any atom is -0.395 e. The highest BCUT2D eigenvalue weighted by atomic mass is 32.2. The number of sulfonamides is 1. The van der Waals surface area contributed by atoms with Crippen molar-refractivity contribution >= 4 is 44.7 Å². The zero-order valence-corrected chi connectivity index (χ0v) is 23.8. The van der Waals surface area contributed by atoms with Crippen molar-refractivity contribution in [2.75, 3.05) is 58.4 Å². The highest BCUT2D eigenvalue weighted by Crippen LogP contribution is 2.54. The molecule has 2 aromatic rings. The molecule has 1 saturated carbocycles. The monoisotopic (exact) mass is 591 g/mol. The highest BCUT2D eigenvalue weighted by Gasteiger charge is 2.44. The maximum Gasteiger partial charge on any atom is 0.258 e. The number of carbonyl (C=O) groups is 2. The Bertz CT molecular complexity index is 1430. The number of nitrogens with zero attached hydrogens (tertiary/aromatic N) is 3. The molecular weight excluding hydrogens is 556 g/mol. The van der Waals surface area contributed by atoms with E-state index in [-0.39, 0.29) is 54.6 Å². The maximum atomic E-state index is 13.8. The van der Waals surface area contributed by atoms with Crippen molar-refractivity contribution < 1.29 is 31.9 Å². The molecule has 0 bridgehead atoms. The van der Waals surface area contributed by atoms with Gasteiger partial charge in [0.05, 0.1) is 34.9 Å². The van der Waals surface area contributed by atoms with Gasteiger partial charge in [0, 0.05) is 39.0 Å². The zero-order chi connectivity index (χ0) is 29.4. The van der Waals surface area contributed by atoms with E-state index in [1.807, 2.05) is 0 Å². The van der Waals surface area contributed by atoms with E-state index in [9.17, 15) is 26.8 Å². The van der Waals surface area contributed by atoms with Gasteiger partial charge in [0.15, 0.2) is 5.78 Å². The van der Waals surface area contributed by atoms with E-state index in [2.05, 4.69) is 19.9 Å². The number of piperidine rings is 2. The number of benzene rings is 1. The second-order valence-corrected chi connectivity index (χ2v) is 13.1. The van der Waals surface area contributed by atoms with Gasteiger partial charge in [-0.05, 0) is 68.4 Å². The summed E-state index contributed by atoms with van der Waals surface area (Å²) in [7, 11) is -3.76. The second-order valence-electron chi connectivity index (χ2n) is 11.3. The van der Waals surface area contributed by atoms with Crippen LogP contribution in [-0.2, 0) is 10.0 Å². The lowest BCUT2D eigenvalue weighted by Crippen LogP contribution is -2.40. The van der Waals surface area contributed by atoms with Crippen molar-refractivity contribution in [3.63, 3.8) is 0 Å². The van der Waals surface area contributed by atoms with E-state index in [1.165, 1.54) is 38.0 Å². The molecule has 3 aliphatic rings. The Labute approximate surface area is 238 Å². The van der Waals surface area contributed by atoms with Crippen LogP contribution in [0.15, 0.2) is 30.3 Å². The largest absolute Gasteiger partial charge is 0.395 e. The second kappa shape index (κ2) is 11.2. The quantitative estimate of drug-likeness (QED) is 0.375. The van der Waals surface area contributed by atoms with Gasteiger partial charge in [0.25, 0.3) is 11.8 Å². The van der Waals surface area contributed by atoms with Crippen molar-refractivity contribution in [1.82, 2.24) is 4.98 Å². The number of hydrogen-bond donors (Lipinski definition) is 3. The molecule has 3 N–H and O–H groups in total. The molecule has 0 radical (unpaired) electrons. The predicted molar refractivity (Wildman–Crippen MR) is 153 cm³/mol. The molecule has 0 atom stereocenters. The molecule has 1 aromatic carbocycles. The van der Waals surface area contributed by atoms with Crippen LogP contribution in [0, 0.1) is 5.41 Å². The number of carbonyl (C=O) groups excluding carboxylic acids is 2. The summed E-state index contributed by atoms with van der Waals surface area (Å²) in [4.78, 5) is 34.0. The van der Waals surface area contributed by atoms with Crippen LogP contribution >= 0.6 is 0 Å². The zero-order valence-electron chi connectivity index (χ0n) is 23.0. The fourth-order valence-corrected chi connectivity index (χ4v) is 6.39. The van der Waals surface area contributed by atoms with E-state index in [0.29, 0.717) is 16.7 Å². The molecule has 1 aliphatic carbocycles. The minimum absolute atomic E-state index is 0.0337. The van der Waals surface area contributed by atoms with Crippen LogP contribution in [0.5, 0.6) is 0 Å². The highest BCUT2D eigenvalue weighted by molar-refractivity contribution is 7.92. The Morgan fingerprint density at radius 2 is 1.59 bits per heavy atom. The Morgan fingerprint density at radius 1 is 0.951 bits per heavy atom. The van der Waals surface area contributed by atoms with Gasteiger partial charge in [-0.15, -0.1) is 0 Å². The van der Waals surface area contributed by atoms with E-state index >= 15 is 0 Å². The summed E-state index contributed by atoms with van der Waals surface area (Å²) in [5, 5.41) is 11.9. The maximum absolute atomic E-state index is 13.8. The van der Waals surface area contributed by atoms with E-state index in [1.54, 1.807) is 17.0 Å². The Kier molecular flexibility index (Phi) is 7.94. The number of aliphatic hydroxyl groups is 1. The van der Waals surface area contributed by atoms with Crippen LogP contribution in [0.25, 0.3) is 0 Å². The van der Waals surface area contributed by atoms with Gasteiger partial charge in [0.1, 0.15) is 11.6 Å². The van der Waals surface area contributed by atoms with Gasteiger partial charge < -0.3 is 20.2 Å². The summed E-state index contributed by atoms with van der Waals surface area (Å²) < 4.78 is 54.5. The van der Waals surface area contributed by atoms with Crippen LogP contribution in [-0.4, -0.2) is 74.7 Å². The van der Waals surface area contributed by atoms with E-state index in [4.69, 9.17) is 5.11 Å². The molecule has 222 valence electrons. The van der Waals surface area contributed by atoms with Gasteiger partial charge in [-0.1, -0.05) is 0 Å². The average Bonchev–Trinajstić information content (AvgIpc) is 3.67. The Morgan fingerprint density at radius 3 is 2.20 bits per heavy atom. The first-order chi connectivity index (χ1) is 19.4. The van der Waals surface area contributed by atoms with Gasteiger partial charge in [-0.3, -0.25) is 14.3 Å². The number of hydrogen-bond acceptors (Lipinski definition) is 8. The van der Waals surface area contributed by atoms with Crippen LogP contribution in [0.4, 0.5) is 31.8 Å². The molecule has 1 aromatic heterocycles. The summed E-state index contributed by atoms with van der Waals surface area (Å²) in [6.45, 7) is 2.38. The minimum atomic E-state index is -3.76. The third-order valence-electron chi connectivity index (χ3n) is 8.29. The molecule has 3 fully saturated rings. The standard InChI is InChI=1S/C28H35F2N5O5S/c1-19(37)21-4-5-24(31-25(21)35-14-10-28(29,30)11-15-35)32-26(38)22-3-2-20(33-41(39,40)17-16-36)18-23(22)34-12-8-27(6-7-27)9-13-34/h2-5,18,33,36H,6-17H2,1H3,(H,31,32,38). The normalized spacial score (nSPS) is 19.6. The molecule has 1 spiro atoms. The molecule has 13 heteroatoms. The fourth-order valence-electron chi connectivity index (χ4n) is 5.56. The number of alkyl halides is 2. The predicted octanol–water partition coefficient (Wildman–Crippen LogP) is 3.89. The van der Waals surface area contributed by atoms with Crippen molar-refractivity contribution in [2.24, 2.45) is 5.41 Å². The SMILES string of the molecule is CC(=O)c1ccc(NC(=O)c2ccc(NS(=O)(=O)CCO)cc2N2CCC3(CC2)CC3)nc1N1CCC(F)(F)CC1. The number of aromatic nitrogens is 1. The number of nitrogens with one attached hydrogen (secondary N) is 2. The molecule has 2 aliphatic heterocycles. The molecular formula is C28H35F2N5O5S. The van der Waals surface area contributed by atoms with Crippen molar-refractivity contribution in [3.05, 3.63) is 41.5 Å². The fraction of sp³-hybridized carbons (Fsp3) is 0.536. The van der Waals surface area contributed by atoms with Crippen molar-refractivity contribution in [3.8, 4) is 0 Å². The number of anilines is 4. The third kappa shape index (κ3) is 6.78. The van der Waals surface area contributed by atoms with Crippen LogP contribution in [0.1, 0.15) is 66.2 Å². The van der Waals surface area contributed by atoms with Gasteiger partial charge in [-0.2, -0.15) is 0 Å². The Balaban J connectivity index is 1.41. The van der Waals surface area contributed by atoms with Crippen molar-refractivity contribution in [2.45, 2.75) is 51.4 Å². The molecule has 3 heterocycles. The van der Waals surface area contributed by atoms with Gasteiger partial charge in [0.2, 0.25) is 10.0 Å². The van der Waals surface area contributed by atoms with Crippen LogP contribution in [0.2, 0.25) is 0 Å². The number of aliphatic hydroxyl groups excluding tert-OH is 1. The summed E-state index contributed by atoms with van der Waals surface area (Å²) in [6.07, 6.45) is 3.68. The molecule has 5 rings (SSSR count). The summed E-state index contributed by atoms with van der Waals surface area (Å²) >= 11 is 0. The molecule has 10 nitrogen and oxygen atoms in total. The lowest BCUT2D eigenvalue weighted by molar-refractivity contribution is -0.0221. The number of ketones is 1. The van der Waals surface area contributed by atoms with Gasteiger partial charge in [-0.25, -0.2) is 22.2 Å². The molecule has 41 heavy (non-hydrogen) atoms. The molecule has 0 unspecified atom stereocenters. The smallest absolute Gasteiger partial charge is 0.258 e. The van der Waals surface area contributed by atoms with Gasteiger partial charge >= 0.3 is 0 Å². The Hall–Kier alpha value is -3.32. The summed E-state index contributed by atoms with van der Waals surface area (Å²) in [6, 6.07) is 7.70. The number of rotatable bonds is 9. The summed E-state index contributed by atoms with van der Waals surface area (Å²) in [5.41, 5.74) is 1.84. The third-order valence-corrected chi connectivity index (χ3v) is 9.55. The van der Waals surface area contributed by atoms with E-state index < -0.39 is 34.2 Å². The molecule has 2 saturated heterocycles. The number of pyridine rings is 1. The first-order valence-electron chi connectivity index (χ1n) is 13.9. The lowest BCUT2D eigenvalue weighted by Gasteiger charge is -2.35. The number of Topliss-reactive ketones (excluding diaryl/α,β-unsaturated/α-hetero) is 1. The lowest BCUT2D eigenvalue weighted by atomic mass is 9.93. The number of amides is 1.